The Balaban J connectivity index is -0.000000196. The molecular weight excluding hydrogens is 208 g/mol. The van der Waals surface area contributed by atoms with Gasteiger partial charge in [0.15, 0.2) is 0 Å². The van der Waals surface area contributed by atoms with E-state index in [0.717, 1.165) is 0 Å². The van der Waals surface area contributed by atoms with Crippen LogP contribution in [-0.2, 0) is 0 Å². The SMILES string of the molecule is O=c1cccco1.O=c1cccco1.[H-].[H-].[Mg+2]. The molecule has 0 aromatic carbocycles. The third-order valence-corrected chi connectivity index (χ3v) is 1.21. The largest absolute Gasteiger partial charge is 2.00 e. The molecule has 2 aromatic rings. The molecule has 0 saturated heterocycles. The van der Waals surface area contributed by atoms with Crippen molar-refractivity contribution < 1.29 is 11.7 Å². The average Bonchev–Trinajstić information content (AvgIpc) is 2.21. The summed E-state index contributed by atoms with van der Waals surface area (Å²) in [5.74, 6) is 0. The summed E-state index contributed by atoms with van der Waals surface area (Å²) >= 11 is 0. The predicted octanol–water partition coefficient (Wildman–Crippen LogP) is 1.12. The van der Waals surface area contributed by atoms with Crippen molar-refractivity contribution in [3.05, 3.63) is 69.8 Å². The molecular formula is C10H10MgO4. The van der Waals surface area contributed by atoms with Gasteiger partial charge in [0.25, 0.3) is 0 Å². The zero-order chi connectivity index (χ0) is 10.2. The van der Waals surface area contributed by atoms with E-state index in [-0.39, 0.29) is 37.2 Å². The quantitative estimate of drug-likeness (QED) is 0.622. The van der Waals surface area contributed by atoms with Crippen LogP contribution in [0, 0.1) is 0 Å². The van der Waals surface area contributed by atoms with Gasteiger partial charge < -0.3 is 11.7 Å². The average molecular weight is 218 g/mol. The van der Waals surface area contributed by atoms with E-state index in [1.54, 1.807) is 24.3 Å². The van der Waals surface area contributed by atoms with Gasteiger partial charge >= 0.3 is 34.3 Å². The fourth-order valence-corrected chi connectivity index (χ4v) is 0.650. The molecule has 15 heavy (non-hydrogen) atoms. The van der Waals surface area contributed by atoms with Gasteiger partial charge in [-0.2, -0.15) is 0 Å². The van der Waals surface area contributed by atoms with Gasteiger partial charge in [-0.05, 0) is 12.1 Å². The predicted molar refractivity (Wildman–Crippen MR) is 57.9 cm³/mol. The standard InChI is InChI=1S/2C5H4O2.Mg.2H/c2*6-5-3-1-2-4-7-5;;;/h2*1-4H;;;/q;;+2;2*-1. The van der Waals surface area contributed by atoms with Crippen molar-refractivity contribution in [2.45, 2.75) is 0 Å². The van der Waals surface area contributed by atoms with Crippen molar-refractivity contribution in [1.29, 1.82) is 0 Å². The van der Waals surface area contributed by atoms with Crippen LogP contribution in [0.4, 0.5) is 0 Å². The van der Waals surface area contributed by atoms with Crippen LogP contribution in [0.3, 0.4) is 0 Å². The molecule has 0 fully saturated rings. The van der Waals surface area contributed by atoms with Gasteiger partial charge in [-0.3, -0.25) is 0 Å². The molecule has 0 aliphatic rings. The van der Waals surface area contributed by atoms with Gasteiger partial charge in [0.1, 0.15) is 0 Å². The van der Waals surface area contributed by atoms with Crippen molar-refractivity contribution in [3.8, 4) is 0 Å². The van der Waals surface area contributed by atoms with Crippen LogP contribution in [0.5, 0.6) is 0 Å². The third kappa shape index (κ3) is 6.70. The normalized spacial score (nSPS) is 8.00. The van der Waals surface area contributed by atoms with Gasteiger partial charge in [0, 0.05) is 12.1 Å². The molecule has 0 radical (unpaired) electrons. The molecule has 2 rings (SSSR count). The van der Waals surface area contributed by atoms with Crippen LogP contribution in [-0.4, -0.2) is 23.1 Å². The van der Waals surface area contributed by atoms with Gasteiger partial charge in [-0.15, -0.1) is 0 Å². The molecule has 2 heterocycles. The van der Waals surface area contributed by atoms with Crippen LogP contribution < -0.4 is 11.3 Å². The Hall–Kier alpha value is -1.33. The van der Waals surface area contributed by atoms with Gasteiger partial charge in [0.05, 0.1) is 12.5 Å². The van der Waals surface area contributed by atoms with Crippen LogP contribution in [0.2, 0.25) is 0 Å². The van der Waals surface area contributed by atoms with E-state index in [0.29, 0.717) is 0 Å². The third-order valence-electron chi connectivity index (χ3n) is 1.21. The van der Waals surface area contributed by atoms with Gasteiger partial charge in [-0.25, -0.2) is 9.59 Å². The molecule has 0 atom stereocenters. The molecule has 76 valence electrons. The smallest absolute Gasteiger partial charge is 1.00 e. The van der Waals surface area contributed by atoms with Crippen LogP contribution >= 0.6 is 0 Å². The van der Waals surface area contributed by atoms with Crippen molar-refractivity contribution >= 4 is 23.1 Å². The molecule has 0 amide bonds. The van der Waals surface area contributed by atoms with Crippen molar-refractivity contribution in [2.75, 3.05) is 0 Å². The summed E-state index contributed by atoms with van der Waals surface area (Å²) in [4.78, 5) is 20.2. The van der Waals surface area contributed by atoms with Gasteiger partial charge in [0.2, 0.25) is 0 Å². The second-order valence-electron chi connectivity index (χ2n) is 2.25. The molecule has 0 unspecified atom stereocenters. The van der Waals surface area contributed by atoms with Crippen LogP contribution in [0.25, 0.3) is 0 Å². The topological polar surface area (TPSA) is 60.4 Å². The molecule has 0 spiro atoms. The molecule has 0 N–H and O–H groups in total. The Morgan fingerprint density at radius 3 is 1.33 bits per heavy atom. The molecule has 2 aromatic heterocycles. The first kappa shape index (κ1) is 13.7. The Morgan fingerprint density at radius 1 is 0.800 bits per heavy atom. The second kappa shape index (κ2) is 8.01. The first-order valence-corrected chi connectivity index (χ1v) is 3.87. The Kier molecular flexibility index (Phi) is 7.30. The van der Waals surface area contributed by atoms with E-state index in [1.807, 2.05) is 0 Å². The van der Waals surface area contributed by atoms with E-state index >= 15 is 0 Å². The summed E-state index contributed by atoms with van der Waals surface area (Å²) in [7, 11) is 0. The summed E-state index contributed by atoms with van der Waals surface area (Å²) in [5.41, 5.74) is -0.606. The number of rotatable bonds is 0. The summed E-state index contributed by atoms with van der Waals surface area (Å²) in [6.45, 7) is 0. The molecule has 4 nitrogen and oxygen atoms in total. The van der Waals surface area contributed by atoms with E-state index in [4.69, 9.17) is 0 Å². The molecule has 0 aliphatic heterocycles. The van der Waals surface area contributed by atoms with E-state index in [9.17, 15) is 9.59 Å². The Morgan fingerprint density at radius 2 is 1.20 bits per heavy atom. The second-order valence-corrected chi connectivity index (χ2v) is 2.25. The zero-order valence-corrected chi connectivity index (χ0v) is 9.37. The maximum Gasteiger partial charge on any atom is 2.00 e. The minimum absolute atomic E-state index is 0. The summed E-state index contributed by atoms with van der Waals surface area (Å²) < 4.78 is 8.74. The minimum atomic E-state index is -0.303. The van der Waals surface area contributed by atoms with E-state index in [1.165, 1.54) is 24.7 Å². The zero-order valence-electron chi connectivity index (χ0n) is 9.96. The maximum atomic E-state index is 10.1. The van der Waals surface area contributed by atoms with Crippen LogP contribution in [0.1, 0.15) is 2.85 Å². The first-order chi connectivity index (χ1) is 6.79. The van der Waals surface area contributed by atoms with Crippen molar-refractivity contribution in [2.24, 2.45) is 0 Å². The van der Waals surface area contributed by atoms with E-state index in [2.05, 4.69) is 8.83 Å². The molecule has 0 saturated carbocycles. The van der Waals surface area contributed by atoms with Gasteiger partial charge in [-0.1, -0.05) is 12.1 Å². The number of hydrogen-bond donors (Lipinski definition) is 0. The summed E-state index contributed by atoms with van der Waals surface area (Å²) in [5, 5.41) is 0. The molecule has 0 bridgehead atoms. The monoisotopic (exact) mass is 218 g/mol. The van der Waals surface area contributed by atoms with Crippen molar-refractivity contribution in [1.82, 2.24) is 0 Å². The summed E-state index contributed by atoms with van der Waals surface area (Å²) in [6.07, 6.45) is 2.70. The van der Waals surface area contributed by atoms with Crippen molar-refractivity contribution in [3.63, 3.8) is 0 Å². The Labute approximate surface area is 105 Å². The fourth-order valence-electron chi connectivity index (χ4n) is 0.650. The molecule has 0 aliphatic carbocycles. The number of hydrogen-bond acceptors (Lipinski definition) is 4. The van der Waals surface area contributed by atoms with E-state index < -0.39 is 0 Å². The first-order valence-electron chi connectivity index (χ1n) is 3.87. The maximum absolute atomic E-state index is 10.1. The minimum Gasteiger partial charge on any atom is -1.00 e. The van der Waals surface area contributed by atoms with Crippen LogP contribution in [0.15, 0.2) is 67.3 Å². The fraction of sp³-hybridized carbons (Fsp3) is 0. The Bertz CT molecular complexity index is 403. The summed E-state index contributed by atoms with van der Waals surface area (Å²) in [6, 6.07) is 9.29. The molecule has 5 heteroatoms.